The third-order valence-corrected chi connectivity index (χ3v) is 5.24. The van der Waals surface area contributed by atoms with Gasteiger partial charge in [-0.3, -0.25) is 4.72 Å². The molecule has 0 atom stereocenters. The lowest BCUT2D eigenvalue weighted by atomic mass is 10.1. The maximum Gasteiger partial charge on any atom is 0.335 e. The number of nitrogens with zero attached hydrogens (tertiary/aromatic N) is 1. The van der Waals surface area contributed by atoms with Crippen LogP contribution in [0.5, 0.6) is 0 Å². The molecule has 0 spiro atoms. The van der Waals surface area contributed by atoms with Crippen LogP contribution in [0.3, 0.4) is 0 Å². The van der Waals surface area contributed by atoms with Crippen LogP contribution in [-0.4, -0.2) is 30.7 Å². The van der Waals surface area contributed by atoms with Crippen molar-refractivity contribution in [1.82, 2.24) is 4.98 Å². The molecule has 0 aliphatic rings. The lowest BCUT2D eigenvalue weighted by Gasteiger charge is -2.05. The van der Waals surface area contributed by atoms with Gasteiger partial charge in [-0.2, -0.15) is 0 Å². The van der Waals surface area contributed by atoms with Crippen molar-refractivity contribution in [3.63, 3.8) is 0 Å². The van der Waals surface area contributed by atoms with Crippen molar-refractivity contribution in [2.75, 3.05) is 11.0 Å². The van der Waals surface area contributed by atoms with Crippen LogP contribution < -0.4 is 4.72 Å². The number of carbonyl (C=O) groups is 1. The van der Waals surface area contributed by atoms with Gasteiger partial charge in [0.25, 0.3) is 0 Å². The molecule has 1 heterocycles. The molecule has 134 valence electrons. The molecule has 0 bridgehead atoms. The fourth-order valence-electron chi connectivity index (χ4n) is 2.48. The fraction of sp³-hybridized carbons (Fsp3) is 0.111. The molecule has 2 aromatic carbocycles. The molecule has 3 rings (SSSR count). The molecule has 6 nitrogen and oxygen atoms in total. The number of rotatable bonds is 5. The summed E-state index contributed by atoms with van der Waals surface area (Å²) in [5.74, 6) is -0.977. The number of aromatic nitrogens is 1. The number of aromatic carboxylic acids is 1. The van der Waals surface area contributed by atoms with Crippen LogP contribution in [0.2, 0.25) is 0 Å². The van der Waals surface area contributed by atoms with E-state index in [1.807, 2.05) is 13.0 Å². The minimum absolute atomic E-state index is 0.216. The van der Waals surface area contributed by atoms with Crippen LogP contribution in [0.1, 0.15) is 15.2 Å². The highest BCUT2D eigenvalue weighted by Crippen LogP contribution is 2.34. The Labute approximate surface area is 155 Å². The zero-order chi connectivity index (χ0) is 18.9. The molecule has 0 saturated carbocycles. The largest absolute Gasteiger partial charge is 0.478 e. The molecule has 0 aliphatic carbocycles. The lowest BCUT2D eigenvalue weighted by Crippen LogP contribution is -2.09. The second-order valence-corrected chi connectivity index (χ2v) is 8.71. The highest BCUT2D eigenvalue weighted by atomic mass is 32.2. The first kappa shape index (κ1) is 18.1. The normalized spacial score (nSPS) is 11.3. The molecule has 26 heavy (non-hydrogen) atoms. The van der Waals surface area contributed by atoms with Crippen molar-refractivity contribution in [3.05, 3.63) is 59.0 Å². The van der Waals surface area contributed by atoms with Gasteiger partial charge in [0.2, 0.25) is 10.0 Å². The number of hydrogen-bond acceptors (Lipinski definition) is 5. The monoisotopic (exact) mass is 388 g/mol. The number of anilines is 1. The summed E-state index contributed by atoms with van der Waals surface area (Å²) in [6.07, 6.45) is 1.10. The maximum atomic E-state index is 11.3. The van der Waals surface area contributed by atoms with Crippen molar-refractivity contribution in [1.29, 1.82) is 0 Å². The first-order chi connectivity index (χ1) is 12.2. The number of aryl methyl sites for hydroxylation is 1. The standard InChI is InChI=1S/C18H16N2O4S2/c1-11-16(12-6-8-15(9-7-12)20-26(2,23)24)19-17(25-11)13-4-3-5-14(10-13)18(21)22/h3-10,20H,1-2H3,(H,21,22). The summed E-state index contributed by atoms with van der Waals surface area (Å²) >= 11 is 1.48. The second-order valence-electron chi connectivity index (χ2n) is 5.76. The van der Waals surface area contributed by atoms with E-state index < -0.39 is 16.0 Å². The molecule has 0 radical (unpaired) electrons. The number of sulfonamides is 1. The van der Waals surface area contributed by atoms with E-state index in [9.17, 15) is 13.2 Å². The summed E-state index contributed by atoms with van der Waals surface area (Å²) in [6.45, 7) is 1.94. The first-order valence-corrected chi connectivity index (χ1v) is 10.3. The summed E-state index contributed by atoms with van der Waals surface area (Å²) in [6, 6.07) is 13.6. The molecule has 8 heteroatoms. The number of benzene rings is 2. The van der Waals surface area contributed by atoms with Gasteiger partial charge in [-0.15, -0.1) is 11.3 Å². The minimum Gasteiger partial charge on any atom is -0.478 e. The van der Waals surface area contributed by atoms with Crippen LogP contribution in [-0.2, 0) is 10.0 Å². The molecule has 1 aromatic heterocycles. The summed E-state index contributed by atoms with van der Waals surface area (Å²) < 4.78 is 25.0. The highest BCUT2D eigenvalue weighted by molar-refractivity contribution is 7.92. The minimum atomic E-state index is -3.32. The predicted octanol–water partition coefficient (Wildman–Crippen LogP) is 3.86. The Balaban J connectivity index is 1.93. The Morgan fingerprint density at radius 1 is 1.12 bits per heavy atom. The van der Waals surface area contributed by atoms with E-state index in [2.05, 4.69) is 9.71 Å². The van der Waals surface area contributed by atoms with Crippen molar-refractivity contribution in [2.45, 2.75) is 6.92 Å². The van der Waals surface area contributed by atoms with Gasteiger partial charge in [0.05, 0.1) is 17.5 Å². The molecule has 0 fully saturated rings. The average Bonchev–Trinajstić information content (AvgIpc) is 2.96. The second kappa shape index (κ2) is 6.89. The summed E-state index contributed by atoms with van der Waals surface area (Å²) in [7, 11) is -3.32. The fourth-order valence-corrected chi connectivity index (χ4v) is 3.98. The first-order valence-electron chi connectivity index (χ1n) is 7.62. The molecule has 0 amide bonds. The van der Waals surface area contributed by atoms with Gasteiger partial charge in [-0.25, -0.2) is 18.2 Å². The molecule has 3 aromatic rings. The lowest BCUT2D eigenvalue weighted by molar-refractivity contribution is 0.0697. The van der Waals surface area contributed by atoms with Gasteiger partial charge < -0.3 is 5.11 Å². The van der Waals surface area contributed by atoms with Crippen molar-refractivity contribution in [3.8, 4) is 21.8 Å². The highest BCUT2D eigenvalue weighted by Gasteiger charge is 2.13. The Morgan fingerprint density at radius 2 is 1.81 bits per heavy atom. The Hall–Kier alpha value is -2.71. The third-order valence-electron chi connectivity index (χ3n) is 3.61. The Morgan fingerprint density at radius 3 is 2.42 bits per heavy atom. The van der Waals surface area contributed by atoms with E-state index in [1.54, 1.807) is 42.5 Å². The number of nitrogens with one attached hydrogen (secondary N) is 1. The van der Waals surface area contributed by atoms with Crippen molar-refractivity contribution in [2.24, 2.45) is 0 Å². The maximum absolute atomic E-state index is 11.3. The molecule has 2 N–H and O–H groups in total. The molecular weight excluding hydrogens is 372 g/mol. The predicted molar refractivity (Wildman–Crippen MR) is 103 cm³/mol. The van der Waals surface area contributed by atoms with Gasteiger partial charge in [0.1, 0.15) is 5.01 Å². The van der Waals surface area contributed by atoms with E-state index >= 15 is 0 Å². The van der Waals surface area contributed by atoms with Crippen LogP contribution in [0, 0.1) is 6.92 Å². The quantitative estimate of drug-likeness (QED) is 0.692. The number of hydrogen-bond donors (Lipinski definition) is 2. The van der Waals surface area contributed by atoms with Gasteiger partial charge in [0, 0.05) is 21.7 Å². The van der Waals surface area contributed by atoms with Gasteiger partial charge in [-0.05, 0) is 31.2 Å². The molecule has 0 saturated heterocycles. The van der Waals surface area contributed by atoms with Crippen LogP contribution >= 0.6 is 11.3 Å². The zero-order valence-corrected chi connectivity index (χ0v) is 15.7. The van der Waals surface area contributed by atoms with Crippen molar-refractivity contribution < 1.29 is 18.3 Å². The van der Waals surface area contributed by atoms with Crippen LogP contribution in [0.25, 0.3) is 21.8 Å². The topological polar surface area (TPSA) is 96.4 Å². The van der Waals surface area contributed by atoms with Gasteiger partial charge in [0.15, 0.2) is 0 Å². The summed E-state index contributed by atoms with van der Waals surface area (Å²) in [4.78, 5) is 16.8. The molecular formula is C18H16N2O4S2. The SMILES string of the molecule is Cc1sc(-c2cccc(C(=O)O)c2)nc1-c1ccc(NS(C)(=O)=O)cc1. The number of carboxylic acid groups (broad SMARTS) is 1. The van der Waals surface area contributed by atoms with Crippen LogP contribution in [0.15, 0.2) is 48.5 Å². The Kier molecular flexibility index (Phi) is 4.80. The molecule has 0 aliphatic heterocycles. The zero-order valence-electron chi connectivity index (χ0n) is 14.1. The number of thiazole rings is 1. The van der Waals surface area contributed by atoms with E-state index in [4.69, 9.17) is 5.11 Å². The van der Waals surface area contributed by atoms with Crippen molar-refractivity contribution >= 4 is 33.0 Å². The van der Waals surface area contributed by atoms with Gasteiger partial charge >= 0.3 is 5.97 Å². The Bertz CT molecular complexity index is 1070. The third kappa shape index (κ3) is 4.09. The van der Waals surface area contributed by atoms with E-state index in [0.29, 0.717) is 5.69 Å². The summed E-state index contributed by atoms with van der Waals surface area (Å²) in [5, 5.41) is 9.87. The summed E-state index contributed by atoms with van der Waals surface area (Å²) in [5.41, 5.74) is 3.10. The smallest absolute Gasteiger partial charge is 0.335 e. The molecule has 0 unspecified atom stereocenters. The van der Waals surface area contributed by atoms with E-state index in [0.717, 1.165) is 33.0 Å². The average molecular weight is 388 g/mol. The van der Waals surface area contributed by atoms with E-state index in [-0.39, 0.29) is 5.56 Å². The van der Waals surface area contributed by atoms with Gasteiger partial charge in [-0.1, -0.05) is 24.3 Å². The van der Waals surface area contributed by atoms with E-state index in [1.165, 1.54) is 11.3 Å². The number of carboxylic acids is 1. The van der Waals surface area contributed by atoms with Crippen LogP contribution in [0.4, 0.5) is 5.69 Å².